The largest absolute Gasteiger partial charge is 0.348 e. The molecule has 1 aliphatic rings. The van der Waals surface area contributed by atoms with Crippen molar-refractivity contribution in [2.45, 2.75) is 18.8 Å². The molecule has 0 amide bonds. The van der Waals surface area contributed by atoms with E-state index in [0.717, 1.165) is 22.6 Å². The highest BCUT2D eigenvalue weighted by atomic mass is 32.2. The van der Waals surface area contributed by atoms with E-state index in [0.29, 0.717) is 19.6 Å². The van der Waals surface area contributed by atoms with Crippen LogP contribution in [0.25, 0.3) is 10.8 Å². The van der Waals surface area contributed by atoms with E-state index in [9.17, 15) is 8.42 Å². The van der Waals surface area contributed by atoms with Crippen molar-refractivity contribution in [1.82, 2.24) is 0 Å². The molecule has 1 aliphatic heterocycles. The Kier molecular flexibility index (Phi) is 4.44. The number of fused-ring (bicyclic) bond motifs is 1. The van der Waals surface area contributed by atoms with Gasteiger partial charge in [-0.1, -0.05) is 42.5 Å². The fourth-order valence-corrected chi connectivity index (χ4v) is 3.20. The summed E-state index contributed by atoms with van der Waals surface area (Å²) in [7, 11) is -3.58. The van der Waals surface area contributed by atoms with Crippen molar-refractivity contribution in [3.8, 4) is 0 Å². The second kappa shape index (κ2) is 6.34. The van der Waals surface area contributed by atoms with Gasteiger partial charge in [0.25, 0.3) is 10.1 Å². The second-order valence-electron chi connectivity index (χ2n) is 5.33. The van der Waals surface area contributed by atoms with E-state index in [1.807, 2.05) is 42.5 Å². The lowest BCUT2D eigenvalue weighted by atomic mass is 10.0. The van der Waals surface area contributed by atoms with Crippen LogP contribution >= 0.6 is 0 Å². The maximum Gasteiger partial charge on any atom is 0.264 e. The van der Waals surface area contributed by atoms with Gasteiger partial charge in [-0.2, -0.15) is 8.42 Å². The third-order valence-corrected chi connectivity index (χ3v) is 4.10. The number of rotatable bonds is 5. The zero-order valence-electron chi connectivity index (χ0n) is 12.3. The summed E-state index contributed by atoms with van der Waals surface area (Å²) in [5.41, 5.74) is 0.978. The van der Waals surface area contributed by atoms with Crippen LogP contribution in [0.1, 0.15) is 5.56 Å². The Morgan fingerprint density at radius 2 is 1.82 bits per heavy atom. The Bertz CT molecular complexity index is 750. The quantitative estimate of drug-likeness (QED) is 0.789. The van der Waals surface area contributed by atoms with Crippen LogP contribution in [0.3, 0.4) is 0 Å². The maximum atomic E-state index is 11.5. The molecule has 1 heterocycles. The molecule has 1 atom stereocenters. The predicted molar refractivity (Wildman–Crippen MR) is 83.1 cm³/mol. The van der Waals surface area contributed by atoms with Crippen molar-refractivity contribution in [2.75, 3.05) is 19.5 Å². The molecule has 1 saturated heterocycles. The summed E-state index contributed by atoms with van der Waals surface area (Å²) >= 11 is 0. The van der Waals surface area contributed by atoms with Crippen LogP contribution in [0, 0.1) is 0 Å². The summed E-state index contributed by atoms with van der Waals surface area (Å²) in [5.74, 6) is 0. The molecule has 2 aromatic carbocycles. The van der Waals surface area contributed by atoms with Gasteiger partial charge in [-0.25, -0.2) is 0 Å². The zero-order valence-corrected chi connectivity index (χ0v) is 13.1. The lowest BCUT2D eigenvalue weighted by Gasteiger charge is -2.21. The first-order valence-electron chi connectivity index (χ1n) is 7.10. The SMILES string of the molecule is CS(=O)(=O)O[C@H](Cc1ccc2ccccc2c1)C1OCCO1. The molecular formula is C16H18O5S. The Balaban J connectivity index is 1.84. The summed E-state index contributed by atoms with van der Waals surface area (Å²) in [4.78, 5) is 0. The molecule has 0 N–H and O–H groups in total. The van der Waals surface area contributed by atoms with Gasteiger partial charge >= 0.3 is 0 Å². The molecule has 0 unspecified atom stereocenters. The number of hydrogen-bond donors (Lipinski definition) is 0. The van der Waals surface area contributed by atoms with Gasteiger partial charge in [0.1, 0.15) is 6.10 Å². The van der Waals surface area contributed by atoms with Gasteiger partial charge < -0.3 is 9.47 Å². The maximum absolute atomic E-state index is 11.5. The zero-order chi connectivity index (χ0) is 15.6. The van der Waals surface area contributed by atoms with Crippen LogP contribution in [0.2, 0.25) is 0 Å². The molecule has 22 heavy (non-hydrogen) atoms. The molecule has 0 bridgehead atoms. The van der Waals surface area contributed by atoms with Gasteiger partial charge in [0.15, 0.2) is 6.29 Å². The van der Waals surface area contributed by atoms with Crippen LogP contribution in [0.4, 0.5) is 0 Å². The Labute approximate surface area is 129 Å². The Hall–Kier alpha value is -1.47. The molecule has 118 valence electrons. The Morgan fingerprint density at radius 1 is 1.14 bits per heavy atom. The monoisotopic (exact) mass is 322 g/mol. The average Bonchev–Trinajstić information content (AvgIpc) is 2.99. The van der Waals surface area contributed by atoms with Crippen LogP contribution in [-0.4, -0.2) is 40.3 Å². The van der Waals surface area contributed by atoms with Crippen molar-refractivity contribution in [3.63, 3.8) is 0 Å². The highest BCUT2D eigenvalue weighted by molar-refractivity contribution is 7.86. The molecule has 0 spiro atoms. The molecule has 0 aromatic heterocycles. The normalized spacial score (nSPS) is 17.9. The molecule has 6 heteroatoms. The standard InChI is InChI=1S/C16H18O5S/c1-22(17,18)21-15(16-19-8-9-20-16)11-12-6-7-13-4-2-3-5-14(13)10-12/h2-7,10,15-16H,8-9,11H2,1H3/t15-/m1/s1. The summed E-state index contributed by atoms with van der Waals surface area (Å²) in [6.07, 6.45) is 0.109. The molecule has 1 fully saturated rings. The van der Waals surface area contributed by atoms with Gasteiger partial charge in [0.2, 0.25) is 0 Å². The molecule has 0 aliphatic carbocycles. The van der Waals surface area contributed by atoms with Crippen LogP contribution < -0.4 is 0 Å². The van der Waals surface area contributed by atoms with E-state index in [1.54, 1.807) is 0 Å². The summed E-state index contributed by atoms with van der Waals surface area (Å²) in [6, 6.07) is 14.0. The predicted octanol–water partition coefficient (Wildman–Crippen LogP) is 2.10. The van der Waals surface area contributed by atoms with Gasteiger partial charge in [0.05, 0.1) is 19.5 Å². The first-order chi connectivity index (χ1) is 10.5. The van der Waals surface area contributed by atoms with E-state index >= 15 is 0 Å². The van der Waals surface area contributed by atoms with E-state index in [1.165, 1.54) is 0 Å². The minimum absolute atomic E-state index is 0.405. The lowest BCUT2D eigenvalue weighted by molar-refractivity contribution is -0.108. The van der Waals surface area contributed by atoms with Crippen molar-refractivity contribution in [2.24, 2.45) is 0 Å². The summed E-state index contributed by atoms with van der Waals surface area (Å²) in [5, 5.41) is 2.24. The third kappa shape index (κ3) is 3.84. The average molecular weight is 322 g/mol. The van der Waals surface area contributed by atoms with Crippen molar-refractivity contribution in [1.29, 1.82) is 0 Å². The van der Waals surface area contributed by atoms with Gasteiger partial charge in [-0.05, 0) is 16.3 Å². The van der Waals surface area contributed by atoms with Crippen molar-refractivity contribution >= 4 is 20.9 Å². The van der Waals surface area contributed by atoms with Crippen LogP contribution in [-0.2, 0) is 30.2 Å². The van der Waals surface area contributed by atoms with Gasteiger partial charge in [-0.3, -0.25) is 4.18 Å². The topological polar surface area (TPSA) is 61.8 Å². The first-order valence-corrected chi connectivity index (χ1v) is 8.92. The first kappa shape index (κ1) is 15.4. The summed E-state index contributed by atoms with van der Waals surface area (Å²) < 4.78 is 38.9. The molecule has 0 saturated carbocycles. The Morgan fingerprint density at radius 3 is 2.50 bits per heavy atom. The molecule has 2 aromatic rings. The fourth-order valence-electron chi connectivity index (χ4n) is 2.59. The number of benzene rings is 2. The number of ether oxygens (including phenoxy) is 2. The van der Waals surface area contributed by atoms with Gasteiger partial charge in [0, 0.05) is 6.42 Å². The van der Waals surface area contributed by atoms with E-state index in [2.05, 4.69) is 0 Å². The minimum atomic E-state index is -3.58. The van der Waals surface area contributed by atoms with Crippen molar-refractivity contribution in [3.05, 3.63) is 48.0 Å². The molecule has 5 nitrogen and oxygen atoms in total. The van der Waals surface area contributed by atoms with E-state index in [-0.39, 0.29) is 0 Å². The summed E-state index contributed by atoms with van der Waals surface area (Å²) in [6.45, 7) is 0.901. The van der Waals surface area contributed by atoms with Crippen LogP contribution in [0.5, 0.6) is 0 Å². The van der Waals surface area contributed by atoms with Crippen LogP contribution in [0.15, 0.2) is 42.5 Å². The smallest absolute Gasteiger partial charge is 0.264 e. The minimum Gasteiger partial charge on any atom is -0.348 e. The highest BCUT2D eigenvalue weighted by Crippen LogP contribution is 2.21. The highest BCUT2D eigenvalue weighted by Gasteiger charge is 2.31. The van der Waals surface area contributed by atoms with Gasteiger partial charge in [-0.15, -0.1) is 0 Å². The number of hydrogen-bond acceptors (Lipinski definition) is 5. The molecule has 3 rings (SSSR count). The van der Waals surface area contributed by atoms with E-state index < -0.39 is 22.5 Å². The van der Waals surface area contributed by atoms with E-state index in [4.69, 9.17) is 13.7 Å². The lowest BCUT2D eigenvalue weighted by Crippen LogP contribution is -2.33. The fraction of sp³-hybridized carbons (Fsp3) is 0.375. The molecule has 0 radical (unpaired) electrons. The third-order valence-electron chi connectivity index (χ3n) is 3.50. The van der Waals surface area contributed by atoms with Crippen molar-refractivity contribution < 1.29 is 22.1 Å². The second-order valence-corrected chi connectivity index (χ2v) is 6.94. The molecular weight excluding hydrogens is 304 g/mol.